The number of aromatic nitrogens is 2. The molecule has 0 aliphatic heterocycles. The van der Waals surface area contributed by atoms with Gasteiger partial charge in [-0.3, -0.25) is 0 Å². The van der Waals surface area contributed by atoms with Crippen LogP contribution in [0.4, 0.5) is 0 Å². The van der Waals surface area contributed by atoms with Crippen LogP contribution >= 0.6 is 0 Å². The number of imidazole rings is 1. The Labute approximate surface area is 98.0 Å². The third-order valence-corrected chi connectivity index (χ3v) is 2.84. The Morgan fingerprint density at radius 1 is 1.56 bits per heavy atom. The molecule has 0 spiro atoms. The summed E-state index contributed by atoms with van der Waals surface area (Å²) in [6.45, 7) is 6.10. The predicted octanol–water partition coefficient (Wildman–Crippen LogP) is 1.84. The van der Waals surface area contributed by atoms with Crippen LogP contribution in [0.1, 0.15) is 32.1 Å². The highest BCUT2D eigenvalue weighted by molar-refractivity contribution is 4.99. The highest BCUT2D eigenvalue weighted by Gasteiger charge is 2.17. The van der Waals surface area contributed by atoms with Gasteiger partial charge in [0, 0.05) is 32.7 Å². The largest absolute Gasteiger partial charge is 0.384 e. The Hall–Kier alpha value is -0.870. The molecule has 2 unspecified atom stereocenters. The van der Waals surface area contributed by atoms with Crippen molar-refractivity contribution in [3.63, 3.8) is 0 Å². The van der Waals surface area contributed by atoms with Crippen LogP contribution in [0, 0.1) is 5.92 Å². The number of aryl methyl sites for hydroxylation is 1. The van der Waals surface area contributed by atoms with Crippen LogP contribution in [0.5, 0.6) is 0 Å². The molecule has 2 atom stereocenters. The molecule has 0 bridgehead atoms. The average molecular weight is 225 g/mol. The van der Waals surface area contributed by atoms with E-state index < -0.39 is 0 Å². The number of methoxy groups -OCH3 is 1. The molecule has 0 saturated heterocycles. The fourth-order valence-corrected chi connectivity index (χ4v) is 2.01. The zero-order chi connectivity index (χ0) is 12.0. The van der Waals surface area contributed by atoms with Gasteiger partial charge in [0.25, 0.3) is 0 Å². The summed E-state index contributed by atoms with van der Waals surface area (Å²) in [6, 6.07) is 0.306. The first-order valence-corrected chi connectivity index (χ1v) is 5.90. The zero-order valence-electron chi connectivity index (χ0n) is 10.7. The molecule has 4 heteroatoms. The van der Waals surface area contributed by atoms with Gasteiger partial charge in [0.2, 0.25) is 0 Å². The third kappa shape index (κ3) is 3.32. The number of hydrogen-bond acceptors (Lipinski definition) is 3. The SMILES string of the molecule is CCn1ccnc1C(CC(C)COC)NC. The predicted molar refractivity (Wildman–Crippen MR) is 65.4 cm³/mol. The molecule has 0 aromatic carbocycles. The minimum Gasteiger partial charge on any atom is -0.384 e. The molecule has 1 heterocycles. The summed E-state index contributed by atoms with van der Waals surface area (Å²) in [5.74, 6) is 1.65. The van der Waals surface area contributed by atoms with Crippen molar-refractivity contribution in [3.05, 3.63) is 18.2 Å². The van der Waals surface area contributed by atoms with Crippen molar-refractivity contribution < 1.29 is 4.74 Å². The Balaban J connectivity index is 2.66. The molecular formula is C12H23N3O. The molecule has 4 nitrogen and oxygen atoms in total. The monoisotopic (exact) mass is 225 g/mol. The van der Waals surface area contributed by atoms with Gasteiger partial charge in [-0.15, -0.1) is 0 Å². The van der Waals surface area contributed by atoms with E-state index in [2.05, 4.69) is 28.7 Å². The summed E-state index contributed by atoms with van der Waals surface area (Å²) in [7, 11) is 3.73. The standard InChI is InChI=1S/C12H23N3O/c1-5-15-7-6-14-12(15)11(13-3)8-10(2)9-16-4/h6-7,10-11,13H,5,8-9H2,1-4H3. The lowest BCUT2D eigenvalue weighted by Crippen LogP contribution is -2.24. The second kappa shape index (κ2) is 6.66. The van der Waals surface area contributed by atoms with Crippen LogP contribution in [-0.2, 0) is 11.3 Å². The normalized spacial score (nSPS) is 15.0. The van der Waals surface area contributed by atoms with E-state index in [1.165, 1.54) is 0 Å². The summed E-state index contributed by atoms with van der Waals surface area (Å²) < 4.78 is 7.35. The third-order valence-electron chi connectivity index (χ3n) is 2.84. The number of nitrogens with zero attached hydrogens (tertiary/aromatic N) is 2. The van der Waals surface area contributed by atoms with Crippen LogP contribution in [-0.4, -0.2) is 30.3 Å². The summed E-state index contributed by atoms with van der Waals surface area (Å²) in [4.78, 5) is 4.43. The lowest BCUT2D eigenvalue weighted by molar-refractivity contribution is 0.149. The van der Waals surface area contributed by atoms with Crippen molar-refractivity contribution in [2.24, 2.45) is 5.92 Å². The van der Waals surface area contributed by atoms with Gasteiger partial charge in [0.05, 0.1) is 6.04 Å². The fourth-order valence-electron chi connectivity index (χ4n) is 2.01. The maximum absolute atomic E-state index is 5.17. The van der Waals surface area contributed by atoms with Gasteiger partial charge in [-0.25, -0.2) is 4.98 Å². The van der Waals surface area contributed by atoms with E-state index in [0.29, 0.717) is 12.0 Å². The molecule has 0 radical (unpaired) electrons. The van der Waals surface area contributed by atoms with Crippen LogP contribution in [0.25, 0.3) is 0 Å². The second-order valence-electron chi connectivity index (χ2n) is 4.21. The number of ether oxygens (including phenoxy) is 1. The van der Waals surface area contributed by atoms with Crippen LogP contribution < -0.4 is 5.32 Å². The average Bonchev–Trinajstić information content (AvgIpc) is 2.74. The van der Waals surface area contributed by atoms with Crippen molar-refractivity contribution in [1.82, 2.24) is 14.9 Å². The molecule has 0 fully saturated rings. The minimum atomic E-state index is 0.306. The fraction of sp³-hybridized carbons (Fsp3) is 0.750. The lowest BCUT2D eigenvalue weighted by Gasteiger charge is -2.20. The number of hydrogen-bond donors (Lipinski definition) is 1. The van der Waals surface area contributed by atoms with E-state index in [1.807, 2.05) is 19.4 Å². The van der Waals surface area contributed by atoms with E-state index in [1.54, 1.807) is 7.11 Å². The minimum absolute atomic E-state index is 0.306. The Morgan fingerprint density at radius 3 is 2.88 bits per heavy atom. The van der Waals surface area contributed by atoms with E-state index in [-0.39, 0.29) is 0 Å². The van der Waals surface area contributed by atoms with Gasteiger partial charge in [-0.05, 0) is 26.3 Å². The van der Waals surface area contributed by atoms with E-state index in [9.17, 15) is 0 Å². The lowest BCUT2D eigenvalue weighted by atomic mass is 10.0. The van der Waals surface area contributed by atoms with Gasteiger partial charge >= 0.3 is 0 Å². The molecule has 92 valence electrons. The molecular weight excluding hydrogens is 202 g/mol. The van der Waals surface area contributed by atoms with Crippen molar-refractivity contribution >= 4 is 0 Å². The molecule has 1 N–H and O–H groups in total. The van der Waals surface area contributed by atoms with Gasteiger partial charge in [0.15, 0.2) is 0 Å². The van der Waals surface area contributed by atoms with Gasteiger partial charge in [0.1, 0.15) is 5.82 Å². The highest BCUT2D eigenvalue weighted by Crippen LogP contribution is 2.19. The van der Waals surface area contributed by atoms with E-state index >= 15 is 0 Å². The summed E-state index contributed by atoms with van der Waals surface area (Å²) in [6.07, 6.45) is 4.94. The van der Waals surface area contributed by atoms with Crippen LogP contribution in [0.3, 0.4) is 0 Å². The molecule has 1 rings (SSSR count). The molecule has 0 aliphatic carbocycles. The molecule has 1 aromatic heterocycles. The second-order valence-corrected chi connectivity index (χ2v) is 4.21. The van der Waals surface area contributed by atoms with Crippen molar-refractivity contribution in [3.8, 4) is 0 Å². The first kappa shape index (κ1) is 13.2. The molecule has 16 heavy (non-hydrogen) atoms. The number of nitrogens with one attached hydrogen (secondary N) is 1. The summed E-state index contributed by atoms with van der Waals surface area (Å²) in [5.41, 5.74) is 0. The zero-order valence-corrected chi connectivity index (χ0v) is 10.7. The maximum atomic E-state index is 5.17. The molecule has 0 aliphatic rings. The molecule has 0 amide bonds. The highest BCUT2D eigenvalue weighted by atomic mass is 16.5. The molecule has 1 aromatic rings. The first-order chi connectivity index (χ1) is 7.72. The quantitative estimate of drug-likeness (QED) is 0.769. The first-order valence-electron chi connectivity index (χ1n) is 5.90. The van der Waals surface area contributed by atoms with E-state index in [0.717, 1.165) is 25.4 Å². The maximum Gasteiger partial charge on any atom is 0.125 e. The Bertz CT molecular complexity index is 298. The van der Waals surface area contributed by atoms with Crippen molar-refractivity contribution in [2.75, 3.05) is 20.8 Å². The van der Waals surface area contributed by atoms with Crippen molar-refractivity contribution in [2.45, 2.75) is 32.9 Å². The molecule has 0 saturated carbocycles. The Kier molecular flexibility index (Phi) is 5.49. The van der Waals surface area contributed by atoms with Crippen LogP contribution in [0.2, 0.25) is 0 Å². The summed E-state index contributed by atoms with van der Waals surface area (Å²) in [5, 5.41) is 3.33. The number of rotatable bonds is 7. The van der Waals surface area contributed by atoms with Gasteiger partial charge < -0.3 is 14.6 Å². The van der Waals surface area contributed by atoms with Gasteiger partial charge in [-0.2, -0.15) is 0 Å². The smallest absolute Gasteiger partial charge is 0.125 e. The van der Waals surface area contributed by atoms with Gasteiger partial charge in [-0.1, -0.05) is 6.92 Å². The van der Waals surface area contributed by atoms with E-state index in [4.69, 9.17) is 4.74 Å². The summed E-state index contributed by atoms with van der Waals surface area (Å²) >= 11 is 0. The topological polar surface area (TPSA) is 39.1 Å². The van der Waals surface area contributed by atoms with Crippen molar-refractivity contribution in [1.29, 1.82) is 0 Å². The Morgan fingerprint density at radius 2 is 2.31 bits per heavy atom. The van der Waals surface area contributed by atoms with Crippen LogP contribution in [0.15, 0.2) is 12.4 Å².